The quantitative estimate of drug-likeness (QED) is 0.518. The van der Waals surface area contributed by atoms with Crippen LogP contribution >= 0.6 is 0 Å². The van der Waals surface area contributed by atoms with E-state index in [1.54, 1.807) is 19.2 Å². The van der Waals surface area contributed by atoms with Gasteiger partial charge in [0.15, 0.2) is 16.3 Å². The molecule has 2 aliphatic heterocycles. The molecule has 11 heteroatoms. The van der Waals surface area contributed by atoms with Crippen LogP contribution in [0.25, 0.3) is 0 Å². The molecular weight excluding hydrogens is 463 g/mol. The standard InChI is InChI=1S/C23H37FN4O5S/c1-3-16-33-21-6-5-19(18-20(21)24)27-9-4-10-28(14-13-27)34(30,31)23(22(25)29)7-11-26(12-8-23)15-17-32-2/h5-6,18H,3-4,7-17H2,1-2H3,(H2,25,29). The average Bonchev–Trinajstić information content (AvgIpc) is 3.09. The van der Waals surface area contributed by atoms with Gasteiger partial charge in [-0.15, -0.1) is 0 Å². The van der Waals surface area contributed by atoms with E-state index in [0.29, 0.717) is 64.6 Å². The maximum atomic E-state index is 14.5. The lowest BCUT2D eigenvalue weighted by Gasteiger charge is -2.41. The van der Waals surface area contributed by atoms with E-state index in [0.717, 1.165) is 6.42 Å². The van der Waals surface area contributed by atoms with E-state index in [1.807, 2.05) is 11.8 Å². The second kappa shape index (κ2) is 11.7. The van der Waals surface area contributed by atoms with Crippen LogP contribution in [0.5, 0.6) is 5.75 Å². The summed E-state index contributed by atoms with van der Waals surface area (Å²) in [6, 6.07) is 4.83. The van der Waals surface area contributed by atoms with E-state index in [9.17, 15) is 17.6 Å². The third-order valence-corrected chi connectivity index (χ3v) is 9.40. The topological polar surface area (TPSA) is 105 Å². The van der Waals surface area contributed by atoms with Crippen LogP contribution in [0.2, 0.25) is 0 Å². The lowest BCUT2D eigenvalue weighted by molar-refractivity contribution is -0.121. The molecule has 34 heavy (non-hydrogen) atoms. The number of sulfonamides is 1. The van der Waals surface area contributed by atoms with Gasteiger partial charge in [0.05, 0.1) is 13.2 Å². The summed E-state index contributed by atoms with van der Waals surface area (Å²) >= 11 is 0. The van der Waals surface area contributed by atoms with E-state index < -0.39 is 26.5 Å². The number of carbonyl (C=O) groups excluding carboxylic acids is 1. The summed E-state index contributed by atoms with van der Waals surface area (Å²) in [5.41, 5.74) is 6.39. The van der Waals surface area contributed by atoms with Crippen molar-refractivity contribution in [2.24, 2.45) is 5.73 Å². The predicted molar refractivity (Wildman–Crippen MR) is 129 cm³/mol. The van der Waals surface area contributed by atoms with Gasteiger partial charge in [-0.25, -0.2) is 12.8 Å². The Balaban J connectivity index is 1.70. The largest absolute Gasteiger partial charge is 0.491 e. The zero-order valence-corrected chi connectivity index (χ0v) is 21.0. The summed E-state index contributed by atoms with van der Waals surface area (Å²) in [4.78, 5) is 16.6. The van der Waals surface area contributed by atoms with Crippen LogP contribution in [0.3, 0.4) is 0 Å². The minimum Gasteiger partial charge on any atom is -0.491 e. The first-order valence-electron chi connectivity index (χ1n) is 11.9. The zero-order valence-electron chi connectivity index (χ0n) is 20.2. The Kier molecular flexibility index (Phi) is 9.14. The summed E-state index contributed by atoms with van der Waals surface area (Å²) in [6.45, 7) is 6.04. The van der Waals surface area contributed by atoms with Gasteiger partial charge in [0.25, 0.3) is 0 Å². The molecule has 192 valence electrons. The summed E-state index contributed by atoms with van der Waals surface area (Å²) in [5, 5.41) is 0. The molecule has 0 aromatic heterocycles. The number of hydrogen-bond donors (Lipinski definition) is 1. The molecule has 0 spiro atoms. The van der Waals surface area contributed by atoms with Crippen LogP contribution in [-0.2, 0) is 19.6 Å². The second-order valence-electron chi connectivity index (χ2n) is 8.90. The van der Waals surface area contributed by atoms with Crippen molar-refractivity contribution in [3.05, 3.63) is 24.0 Å². The highest BCUT2D eigenvalue weighted by Crippen LogP contribution is 2.34. The molecule has 0 radical (unpaired) electrons. The van der Waals surface area contributed by atoms with Crippen molar-refractivity contribution in [3.8, 4) is 5.75 Å². The van der Waals surface area contributed by atoms with Gasteiger partial charge < -0.3 is 25.0 Å². The number of nitrogens with two attached hydrogens (primary N) is 1. The number of methoxy groups -OCH3 is 1. The van der Waals surface area contributed by atoms with Gasteiger partial charge in [-0.2, -0.15) is 4.31 Å². The summed E-state index contributed by atoms with van der Waals surface area (Å²) in [6.07, 6.45) is 1.68. The third kappa shape index (κ3) is 5.64. The Bertz CT molecular complexity index is 937. The number of hydrogen-bond acceptors (Lipinski definition) is 7. The Hall–Kier alpha value is -1.95. The Morgan fingerprint density at radius 2 is 1.85 bits per heavy atom. The number of primary amides is 1. The fourth-order valence-corrected chi connectivity index (χ4v) is 6.78. The molecule has 0 bridgehead atoms. The van der Waals surface area contributed by atoms with Crippen molar-refractivity contribution in [1.29, 1.82) is 0 Å². The van der Waals surface area contributed by atoms with Crippen LogP contribution in [0.1, 0.15) is 32.6 Å². The average molecular weight is 501 g/mol. The number of rotatable bonds is 10. The van der Waals surface area contributed by atoms with Crippen molar-refractivity contribution < 1.29 is 27.1 Å². The highest BCUT2D eigenvalue weighted by atomic mass is 32.2. The van der Waals surface area contributed by atoms with E-state index in [1.165, 1.54) is 10.4 Å². The molecule has 0 atom stereocenters. The number of likely N-dealkylation sites (tertiary alicyclic amines) is 1. The molecule has 1 aromatic rings. The molecule has 2 fully saturated rings. The van der Waals surface area contributed by atoms with Crippen LogP contribution in [0, 0.1) is 5.82 Å². The van der Waals surface area contributed by atoms with Crippen molar-refractivity contribution in [1.82, 2.24) is 9.21 Å². The highest BCUT2D eigenvalue weighted by molar-refractivity contribution is 7.91. The molecule has 2 N–H and O–H groups in total. The SMILES string of the molecule is CCCOc1ccc(N2CCCN(S(=O)(=O)C3(C(N)=O)CCN(CCOC)CC3)CC2)cc1F. The van der Waals surface area contributed by atoms with Crippen molar-refractivity contribution >= 4 is 21.6 Å². The molecule has 2 aliphatic rings. The molecular formula is C23H37FN4O5S. The molecule has 2 heterocycles. The number of piperidine rings is 1. The van der Waals surface area contributed by atoms with Gasteiger partial charge in [0.2, 0.25) is 15.9 Å². The van der Waals surface area contributed by atoms with E-state index >= 15 is 0 Å². The Labute approximate surface area is 202 Å². The van der Waals surface area contributed by atoms with E-state index in [2.05, 4.69) is 4.90 Å². The first-order chi connectivity index (χ1) is 16.2. The smallest absolute Gasteiger partial charge is 0.240 e. The number of anilines is 1. The van der Waals surface area contributed by atoms with Gasteiger partial charge in [0, 0.05) is 64.7 Å². The van der Waals surface area contributed by atoms with Gasteiger partial charge in [-0.05, 0) is 37.8 Å². The Morgan fingerprint density at radius 1 is 1.12 bits per heavy atom. The van der Waals surface area contributed by atoms with Crippen LogP contribution < -0.4 is 15.4 Å². The predicted octanol–water partition coefficient (Wildman–Crippen LogP) is 1.42. The fraction of sp³-hybridized carbons (Fsp3) is 0.696. The van der Waals surface area contributed by atoms with Crippen molar-refractivity contribution in [2.45, 2.75) is 37.4 Å². The van der Waals surface area contributed by atoms with Crippen LogP contribution in [0.4, 0.5) is 10.1 Å². The van der Waals surface area contributed by atoms with Crippen LogP contribution in [0.15, 0.2) is 18.2 Å². The summed E-state index contributed by atoms with van der Waals surface area (Å²) < 4.78 is 52.2. The number of amides is 1. The van der Waals surface area contributed by atoms with Gasteiger partial charge in [-0.1, -0.05) is 6.92 Å². The number of benzene rings is 1. The molecule has 1 aromatic carbocycles. The minimum absolute atomic E-state index is 0.166. The van der Waals surface area contributed by atoms with Crippen molar-refractivity contribution in [2.75, 3.05) is 71.0 Å². The molecule has 0 aliphatic carbocycles. The maximum absolute atomic E-state index is 14.5. The van der Waals surface area contributed by atoms with E-state index in [4.69, 9.17) is 15.2 Å². The highest BCUT2D eigenvalue weighted by Gasteiger charge is 2.53. The number of nitrogens with zero attached hydrogens (tertiary/aromatic N) is 3. The lowest BCUT2D eigenvalue weighted by Crippen LogP contribution is -2.61. The molecule has 0 saturated carbocycles. The van der Waals surface area contributed by atoms with Crippen molar-refractivity contribution in [3.63, 3.8) is 0 Å². The molecule has 3 rings (SSSR count). The monoisotopic (exact) mass is 500 g/mol. The maximum Gasteiger partial charge on any atom is 0.240 e. The van der Waals surface area contributed by atoms with Gasteiger partial charge >= 0.3 is 0 Å². The van der Waals surface area contributed by atoms with Crippen LogP contribution in [-0.4, -0.2) is 94.4 Å². The minimum atomic E-state index is -3.96. The molecule has 2 saturated heterocycles. The first-order valence-corrected chi connectivity index (χ1v) is 13.4. The summed E-state index contributed by atoms with van der Waals surface area (Å²) in [7, 11) is -2.35. The third-order valence-electron chi connectivity index (χ3n) is 6.76. The second-order valence-corrected chi connectivity index (χ2v) is 11.1. The zero-order chi connectivity index (χ0) is 24.8. The molecule has 0 unspecified atom stereocenters. The van der Waals surface area contributed by atoms with Gasteiger partial charge in [0.1, 0.15) is 0 Å². The molecule has 9 nitrogen and oxygen atoms in total. The number of halogens is 1. The Morgan fingerprint density at radius 3 is 2.47 bits per heavy atom. The van der Waals surface area contributed by atoms with Gasteiger partial charge in [-0.3, -0.25) is 4.79 Å². The molecule has 1 amide bonds. The lowest BCUT2D eigenvalue weighted by atomic mass is 9.95. The first kappa shape index (κ1) is 26.7. The number of carbonyl (C=O) groups is 1. The normalized spacial score (nSPS) is 20.1. The summed E-state index contributed by atoms with van der Waals surface area (Å²) in [5.74, 6) is -1.01. The fourth-order valence-electron chi connectivity index (χ4n) is 4.64. The van der Waals surface area contributed by atoms with E-state index in [-0.39, 0.29) is 25.1 Å². The number of ether oxygens (including phenoxy) is 2.